The van der Waals surface area contributed by atoms with E-state index in [1.165, 1.54) is 36.0 Å². The van der Waals surface area contributed by atoms with Gasteiger partial charge in [-0.2, -0.15) is 0 Å². The molecule has 0 aliphatic heterocycles. The van der Waals surface area contributed by atoms with Crippen LogP contribution in [0.4, 0.5) is 0 Å². The van der Waals surface area contributed by atoms with Crippen molar-refractivity contribution in [2.24, 2.45) is 5.73 Å². The summed E-state index contributed by atoms with van der Waals surface area (Å²) in [5.41, 5.74) is 10.2. The Morgan fingerprint density at radius 1 is 1.31 bits per heavy atom. The highest BCUT2D eigenvalue weighted by molar-refractivity contribution is 9.10. The van der Waals surface area contributed by atoms with Crippen molar-refractivity contribution in [1.82, 2.24) is 0 Å². The van der Waals surface area contributed by atoms with Crippen LogP contribution in [0.3, 0.4) is 0 Å². The molecule has 1 nitrogen and oxygen atoms in total. The van der Waals surface area contributed by atoms with Crippen molar-refractivity contribution in [1.29, 1.82) is 0 Å². The van der Waals surface area contributed by atoms with Crippen molar-refractivity contribution >= 4 is 15.9 Å². The van der Waals surface area contributed by atoms with Crippen molar-refractivity contribution in [2.45, 2.75) is 38.6 Å². The molecule has 1 aliphatic carbocycles. The predicted molar refractivity (Wildman–Crippen MR) is 72.4 cm³/mol. The summed E-state index contributed by atoms with van der Waals surface area (Å²) in [4.78, 5) is 0. The van der Waals surface area contributed by atoms with E-state index in [9.17, 15) is 0 Å². The van der Waals surface area contributed by atoms with E-state index in [4.69, 9.17) is 5.73 Å². The molecule has 1 aromatic carbocycles. The number of hydrogen-bond acceptors (Lipinski definition) is 1. The standard InChI is InChI=1S/C14H18BrN/c1-10-6-5-9-12(13(10)15)14(16)11-7-3-2-4-8-11/h5-7,9,14H,2-4,8,16H2,1H3. The van der Waals surface area contributed by atoms with E-state index in [0.29, 0.717) is 0 Å². The van der Waals surface area contributed by atoms with Gasteiger partial charge < -0.3 is 5.73 Å². The number of aryl methyl sites for hydroxylation is 1. The molecule has 0 bridgehead atoms. The quantitative estimate of drug-likeness (QED) is 0.805. The third-order valence-electron chi connectivity index (χ3n) is 3.28. The van der Waals surface area contributed by atoms with Crippen molar-refractivity contribution in [2.75, 3.05) is 0 Å². The molecule has 1 atom stereocenters. The third kappa shape index (κ3) is 2.38. The zero-order chi connectivity index (χ0) is 11.5. The van der Waals surface area contributed by atoms with Crippen LogP contribution in [0, 0.1) is 6.92 Å². The van der Waals surface area contributed by atoms with Crippen LogP contribution in [0.2, 0.25) is 0 Å². The van der Waals surface area contributed by atoms with Gasteiger partial charge >= 0.3 is 0 Å². The molecule has 0 amide bonds. The van der Waals surface area contributed by atoms with E-state index in [1.54, 1.807) is 0 Å². The molecule has 2 heteroatoms. The van der Waals surface area contributed by atoms with Gasteiger partial charge in [-0.3, -0.25) is 0 Å². The lowest BCUT2D eigenvalue weighted by molar-refractivity contribution is 0.647. The summed E-state index contributed by atoms with van der Waals surface area (Å²) in [5.74, 6) is 0. The molecule has 0 fully saturated rings. The Balaban J connectivity index is 2.29. The van der Waals surface area contributed by atoms with Crippen LogP contribution >= 0.6 is 15.9 Å². The SMILES string of the molecule is Cc1cccc(C(N)C2=CCCCC2)c1Br. The first kappa shape index (κ1) is 11.9. The fourth-order valence-electron chi connectivity index (χ4n) is 2.26. The first-order valence-corrected chi connectivity index (χ1v) is 6.69. The lowest BCUT2D eigenvalue weighted by Gasteiger charge is -2.21. The Hall–Kier alpha value is -0.600. The number of benzene rings is 1. The van der Waals surface area contributed by atoms with Crippen LogP contribution in [-0.2, 0) is 0 Å². The molecule has 2 rings (SSSR count). The Labute approximate surface area is 106 Å². The van der Waals surface area contributed by atoms with Crippen LogP contribution < -0.4 is 5.73 Å². The molecule has 0 radical (unpaired) electrons. The third-order valence-corrected chi connectivity index (χ3v) is 4.37. The average molecular weight is 280 g/mol. The fourth-order valence-corrected chi connectivity index (χ4v) is 2.77. The van der Waals surface area contributed by atoms with Crippen molar-refractivity contribution in [3.05, 3.63) is 45.4 Å². The Kier molecular flexibility index (Phi) is 3.82. The molecular weight excluding hydrogens is 262 g/mol. The normalized spacial score (nSPS) is 18.1. The smallest absolute Gasteiger partial charge is 0.0522 e. The van der Waals surface area contributed by atoms with Crippen molar-refractivity contribution < 1.29 is 0 Å². The van der Waals surface area contributed by atoms with E-state index >= 15 is 0 Å². The number of rotatable bonds is 2. The maximum Gasteiger partial charge on any atom is 0.0522 e. The van der Waals surface area contributed by atoms with Gasteiger partial charge in [-0.25, -0.2) is 0 Å². The zero-order valence-corrected chi connectivity index (χ0v) is 11.3. The molecule has 0 aromatic heterocycles. The Morgan fingerprint density at radius 3 is 2.81 bits per heavy atom. The predicted octanol–water partition coefficient (Wildman–Crippen LogP) is 4.26. The molecule has 86 valence electrons. The largest absolute Gasteiger partial charge is 0.321 e. The summed E-state index contributed by atoms with van der Waals surface area (Å²) >= 11 is 3.64. The van der Waals surface area contributed by atoms with Gasteiger partial charge in [0.1, 0.15) is 0 Å². The molecule has 0 saturated heterocycles. The molecule has 0 saturated carbocycles. The van der Waals surface area contributed by atoms with Gasteiger partial charge in [-0.05, 0) is 43.7 Å². The number of nitrogens with two attached hydrogens (primary N) is 1. The molecular formula is C14H18BrN. The van der Waals surface area contributed by atoms with Crippen LogP contribution in [0.1, 0.15) is 42.9 Å². The number of halogens is 1. The summed E-state index contributed by atoms with van der Waals surface area (Å²) in [6.07, 6.45) is 7.26. The van der Waals surface area contributed by atoms with Gasteiger partial charge in [0.2, 0.25) is 0 Å². The summed E-state index contributed by atoms with van der Waals surface area (Å²) in [6, 6.07) is 6.38. The van der Waals surface area contributed by atoms with Gasteiger partial charge in [0, 0.05) is 4.47 Å². The minimum Gasteiger partial charge on any atom is -0.321 e. The second kappa shape index (κ2) is 5.15. The van der Waals surface area contributed by atoms with E-state index in [-0.39, 0.29) is 6.04 Å². The maximum atomic E-state index is 6.34. The van der Waals surface area contributed by atoms with Crippen molar-refractivity contribution in [3.63, 3.8) is 0 Å². The zero-order valence-electron chi connectivity index (χ0n) is 9.67. The molecule has 1 aromatic rings. The van der Waals surface area contributed by atoms with Crippen LogP contribution in [-0.4, -0.2) is 0 Å². The number of hydrogen-bond donors (Lipinski definition) is 1. The topological polar surface area (TPSA) is 26.0 Å². The lowest BCUT2D eigenvalue weighted by atomic mass is 9.90. The van der Waals surface area contributed by atoms with Gasteiger partial charge in [0.15, 0.2) is 0 Å². The molecule has 0 spiro atoms. The number of allylic oxidation sites excluding steroid dienone is 1. The molecule has 1 aliphatic rings. The van der Waals surface area contributed by atoms with Crippen molar-refractivity contribution in [3.8, 4) is 0 Å². The van der Waals surface area contributed by atoms with E-state index in [1.807, 2.05) is 0 Å². The van der Waals surface area contributed by atoms with Gasteiger partial charge in [0.25, 0.3) is 0 Å². The molecule has 1 unspecified atom stereocenters. The molecule has 0 heterocycles. The van der Waals surface area contributed by atoms with Crippen LogP contribution in [0.25, 0.3) is 0 Å². The highest BCUT2D eigenvalue weighted by Crippen LogP contribution is 2.33. The monoisotopic (exact) mass is 279 g/mol. The summed E-state index contributed by atoms with van der Waals surface area (Å²) in [7, 11) is 0. The van der Waals surface area contributed by atoms with Crippen LogP contribution in [0.5, 0.6) is 0 Å². The first-order chi connectivity index (χ1) is 7.70. The second-order valence-electron chi connectivity index (χ2n) is 4.48. The highest BCUT2D eigenvalue weighted by Gasteiger charge is 2.16. The van der Waals surface area contributed by atoms with Gasteiger partial charge in [-0.1, -0.05) is 45.8 Å². The minimum atomic E-state index is 0.0644. The molecule has 2 N–H and O–H groups in total. The van der Waals surface area contributed by atoms with E-state index < -0.39 is 0 Å². The minimum absolute atomic E-state index is 0.0644. The summed E-state index contributed by atoms with van der Waals surface area (Å²) in [6.45, 7) is 2.11. The first-order valence-electron chi connectivity index (χ1n) is 5.89. The van der Waals surface area contributed by atoms with E-state index in [2.05, 4.69) is 47.1 Å². The highest BCUT2D eigenvalue weighted by atomic mass is 79.9. The summed E-state index contributed by atoms with van der Waals surface area (Å²) < 4.78 is 1.16. The second-order valence-corrected chi connectivity index (χ2v) is 5.27. The Bertz CT molecular complexity index is 409. The fraction of sp³-hybridized carbons (Fsp3) is 0.429. The van der Waals surface area contributed by atoms with Gasteiger partial charge in [-0.15, -0.1) is 0 Å². The van der Waals surface area contributed by atoms with E-state index in [0.717, 1.165) is 10.9 Å². The average Bonchev–Trinajstić information content (AvgIpc) is 2.33. The molecule has 16 heavy (non-hydrogen) atoms. The Morgan fingerprint density at radius 2 is 2.12 bits per heavy atom. The lowest BCUT2D eigenvalue weighted by Crippen LogP contribution is -2.15. The maximum absolute atomic E-state index is 6.34. The van der Waals surface area contributed by atoms with Gasteiger partial charge in [0.05, 0.1) is 6.04 Å². The summed E-state index contributed by atoms with van der Waals surface area (Å²) in [5, 5.41) is 0. The van der Waals surface area contributed by atoms with Crippen LogP contribution in [0.15, 0.2) is 34.3 Å².